The van der Waals surface area contributed by atoms with Crippen LogP contribution in [0, 0.1) is 10.1 Å². The highest BCUT2D eigenvalue weighted by molar-refractivity contribution is 6.45. The summed E-state index contributed by atoms with van der Waals surface area (Å²) >= 11 is 0. The van der Waals surface area contributed by atoms with Crippen molar-refractivity contribution >= 4 is 17.2 Å². The first-order chi connectivity index (χ1) is 9.51. The van der Waals surface area contributed by atoms with Crippen LogP contribution in [0.4, 0.5) is 5.69 Å². The van der Waals surface area contributed by atoms with Crippen LogP contribution < -0.4 is 5.43 Å². The summed E-state index contributed by atoms with van der Waals surface area (Å²) in [5.74, 6) is -0.428. The summed E-state index contributed by atoms with van der Waals surface area (Å²) in [4.78, 5) is 22.7. The highest BCUT2D eigenvalue weighted by Gasteiger charge is 2.51. The van der Waals surface area contributed by atoms with E-state index in [9.17, 15) is 14.9 Å². The lowest BCUT2D eigenvalue weighted by atomic mass is 9.88. The minimum absolute atomic E-state index is 0.00934. The van der Waals surface area contributed by atoms with Gasteiger partial charge >= 0.3 is 0 Å². The number of epoxide rings is 1. The summed E-state index contributed by atoms with van der Waals surface area (Å²) in [5.41, 5.74) is 3.12. The van der Waals surface area contributed by atoms with E-state index < -0.39 is 10.5 Å². The number of non-ortho nitro benzene ring substituents is 1. The average molecular weight is 275 g/mol. The lowest BCUT2D eigenvalue weighted by Crippen LogP contribution is -2.32. The van der Waals surface area contributed by atoms with Gasteiger partial charge < -0.3 is 10.2 Å². The zero-order valence-corrected chi connectivity index (χ0v) is 10.8. The molecule has 1 N–H and O–H groups in total. The number of nitrogens with one attached hydrogen (secondary N) is 1. The first-order valence-corrected chi connectivity index (χ1v) is 6.25. The van der Waals surface area contributed by atoms with Crippen molar-refractivity contribution in [1.29, 1.82) is 0 Å². The molecule has 0 radical (unpaired) electrons. The molecule has 0 aromatic heterocycles. The molecular weight excluding hydrogens is 262 g/mol. The Kier molecular flexibility index (Phi) is 2.79. The Morgan fingerprint density at radius 3 is 3.00 bits per heavy atom. The number of nitro groups is 1. The van der Waals surface area contributed by atoms with E-state index >= 15 is 0 Å². The van der Waals surface area contributed by atoms with E-state index in [1.54, 1.807) is 19.1 Å². The minimum atomic E-state index is -0.774. The fourth-order valence-corrected chi connectivity index (χ4v) is 2.25. The fraction of sp³-hybridized carbons (Fsp3) is 0.385. The number of nitro benzene ring substituents is 1. The van der Waals surface area contributed by atoms with Crippen LogP contribution in [0.3, 0.4) is 0 Å². The zero-order valence-electron chi connectivity index (χ0n) is 10.8. The van der Waals surface area contributed by atoms with E-state index in [0.29, 0.717) is 24.4 Å². The molecule has 0 saturated carbocycles. The number of carbonyl (C=O) groups is 1. The van der Waals surface area contributed by atoms with E-state index in [2.05, 4.69) is 10.5 Å². The number of benzene rings is 1. The quantitative estimate of drug-likeness (QED) is 0.502. The van der Waals surface area contributed by atoms with Crippen LogP contribution >= 0.6 is 0 Å². The molecule has 3 rings (SSSR count). The van der Waals surface area contributed by atoms with Gasteiger partial charge in [0, 0.05) is 18.7 Å². The molecule has 2 atom stereocenters. The van der Waals surface area contributed by atoms with E-state index in [1.807, 2.05) is 0 Å². The van der Waals surface area contributed by atoms with Crippen LogP contribution in [0.15, 0.2) is 29.4 Å². The molecule has 2 aliphatic rings. The Morgan fingerprint density at radius 1 is 1.60 bits per heavy atom. The Bertz CT molecular complexity index is 622. The predicted molar refractivity (Wildman–Crippen MR) is 70.6 cm³/mol. The number of nitrogens with zero attached hydrogens (tertiary/aromatic N) is 2. The summed E-state index contributed by atoms with van der Waals surface area (Å²) in [7, 11) is 0. The standard InChI is InChI=1S/C13H13N3O4/c1-13(7-20-13)12(17)11-10(6-14-15-11)8-3-2-4-9(5-8)16(18)19/h2-5,10,14H,6-7H2,1H3/t10-,13-/m1/s1. The summed E-state index contributed by atoms with van der Waals surface area (Å²) in [6.45, 7) is 2.57. The maximum Gasteiger partial charge on any atom is 0.269 e. The summed E-state index contributed by atoms with van der Waals surface area (Å²) in [6.07, 6.45) is 0. The average Bonchev–Trinajstić information content (AvgIpc) is 3.02. The normalized spacial score (nSPS) is 27.6. The van der Waals surface area contributed by atoms with Crippen LogP contribution in [0.1, 0.15) is 18.4 Å². The van der Waals surface area contributed by atoms with Gasteiger partial charge in [0.15, 0.2) is 5.60 Å². The molecule has 104 valence electrons. The van der Waals surface area contributed by atoms with Gasteiger partial charge in [-0.25, -0.2) is 0 Å². The van der Waals surface area contributed by atoms with Crippen molar-refractivity contribution in [1.82, 2.24) is 5.43 Å². The number of ketones is 1. The Labute approximate surface area is 114 Å². The monoisotopic (exact) mass is 275 g/mol. The van der Waals surface area contributed by atoms with Gasteiger partial charge in [-0.05, 0) is 12.5 Å². The van der Waals surface area contributed by atoms with Gasteiger partial charge in [0.1, 0.15) is 5.71 Å². The lowest BCUT2D eigenvalue weighted by Gasteiger charge is -2.12. The molecule has 0 spiro atoms. The van der Waals surface area contributed by atoms with Crippen LogP contribution in [0.25, 0.3) is 0 Å². The Balaban J connectivity index is 1.90. The van der Waals surface area contributed by atoms with E-state index in [4.69, 9.17) is 4.74 Å². The number of rotatable bonds is 4. The van der Waals surface area contributed by atoms with E-state index in [-0.39, 0.29) is 17.4 Å². The fourth-order valence-electron chi connectivity index (χ4n) is 2.25. The highest BCUT2D eigenvalue weighted by atomic mass is 16.6. The third kappa shape index (κ3) is 2.05. The van der Waals surface area contributed by atoms with Gasteiger partial charge in [0.25, 0.3) is 5.69 Å². The van der Waals surface area contributed by atoms with Crippen molar-refractivity contribution < 1.29 is 14.5 Å². The third-order valence-corrected chi connectivity index (χ3v) is 3.60. The number of hydrogen-bond donors (Lipinski definition) is 1. The molecule has 1 aromatic carbocycles. The second-order valence-electron chi connectivity index (χ2n) is 5.11. The predicted octanol–water partition coefficient (Wildman–Crippen LogP) is 0.996. The Hall–Kier alpha value is -2.28. The molecule has 20 heavy (non-hydrogen) atoms. The van der Waals surface area contributed by atoms with Gasteiger partial charge in [-0.2, -0.15) is 5.10 Å². The lowest BCUT2D eigenvalue weighted by molar-refractivity contribution is -0.384. The van der Waals surface area contributed by atoms with Crippen LogP contribution in [-0.4, -0.2) is 35.2 Å². The van der Waals surface area contributed by atoms with Crippen molar-refractivity contribution in [2.24, 2.45) is 5.10 Å². The number of carbonyl (C=O) groups excluding carboxylic acids is 1. The van der Waals surface area contributed by atoms with Gasteiger partial charge in [0.2, 0.25) is 5.78 Å². The molecule has 1 fully saturated rings. The SMILES string of the molecule is C[C@]1(C(=O)C2=NNC[C@@H]2c2cccc([N+](=O)[O-])c2)CO1. The first kappa shape index (κ1) is 12.7. The maximum absolute atomic E-state index is 12.3. The molecule has 7 nitrogen and oxygen atoms in total. The van der Waals surface area contributed by atoms with Crippen molar-refractivity contribution in [3.63, 3.8) is 0 Å². The van der Waals surface area contributed by atoms with Gasteiger partial charge in [0.05, 0.1) is 17.4 Å². The number of Topliss-reactive ketones (excluding diaryl/α,β-unsaturated/α-hetero) is 1. The highest BCUT2D eigenvalue weighted by Crippen LogP contribution is 2.32. The van der Waals surface area contributed by atoms with Crippen LogP contribution in [0.5, 0.6) is 0 Å². The molecule has 0 bridgehead atoms. The molecule has 0 unspecified atom stereocenters. The van der Waals surface area contributed by atoms with Crippen molar-refractivity contribution in [2.75, 3.05) is 13.2 Å². The molecule has 1 aromatic rings. The van der Waals surface area contributed by atoms with Crippen molar-refractivity contribution in [2.45, 2.75) is 18.4 Å². The molecule has 0 amide bonds. The van der Waals surface area contributed by atoms with E-state index in [1.165, 1.54) is 12.1 Å². The second kappa shape index (κ2) is 4.38. The number of hydrogen-bond acceptors (Lipinski definition) is 6. The topological polar surface area (TPSA) is 97.1 Å². The second-order valence-corrected chi connectivity index (χ2v) is 5.11. The summed E-state index contributed by atoms with van der Waals surface area (Å²) in [6, 6.07) is 6.29. The van der Waals surface area contributed by atoms with Crippen LogP contribution in [0.2, 0.25) is 0 Å². The van der Waals surface area contributed by atoms with Crippen molar-refractivity contribution in [3.05, 3.63) is 39.9 Å². The zero-order chi connectivity index (χ0) is 14.3. The molecule has 7 heteroatoms. The molecule has 2 aliphatic heterocycles. The summed E-state index contributed by atoms with van der Waals surface area (Å²) in [5, 5.41) is 14.9. The van der Waals surface area contributed by atoms with Crippen molar-refractivity contribution in [3.8, 4) is 0 Å². The van der Waals surface area contributed by atoms with Gasteiger partial charge in [-0.3, -0.25) is 14.9 Å². The first-order valence-electron chi connectivity index (χ1n) is 6.25. The number of hydrazone groups is 1. The third-order valence-electron chi connectivity index (χ3n) is 3.60. The number of ether oxygens (including phenoxy) is 1. The molecule has 0 aliphatic carbocycles. The molecule has 2 heterocycles. The van der Waals surface area contributed by atoms with Gasteiger partial charge in [-0.15, -0.1) is 0 Å². The molecular formula is C13H13N3O4. The largest absolute Gasteiger partial charge is 0.361 e. The minimum Gasteiger partial charge on any atom is -0.361 e. The van der Waals surface area contributed by atoms with Crippen LogP contribution in [-0.2, 0) is 9.53 Å². The Morgan fingerprint density at radius 2 is 2.35 bits per heavy atom. The summed E-state index contributed by atoms with van der Waals surface area (Å²) < 4.78 is 5.15. The van der Waals surface area contributed by atoms with E-state index in [0.717, 1.165) is 0 Å². The maximum atomic E-state index is 12.3. The van der Waals surface area contributed by atoms with Gasteiger partial charge in [-0.1, -0.05) is 12.1 Å². The molecule has 1 saturated heterocycles. The smallest absolute Gasteiger partial charge is 0.269 e.